The average Bonchev–Trinajstić information content (AvgIpc) is 3.37. The molecule has 5 rings (SSSR count). The van der Waals surface area contributed by atoms with Crippen LogP contribution in [0.3, 0.4) is 0 Å². The summed E-state index contributed by atoms with van der Waals surface area (Å²) in [6.07, 6.45) is 4.30. The van der Waals surface area contributed by atoms with Crippen LogP contribution in [0.25, 0.3) is 10.9 Å². The Bertz CT molecular complexity index is 1070. The first-order chi connectivity index (χ1) is 13.9. The molecule has 5 heteroatoms. The molecule has 1 saturated heterocycles. The van der Waals surface area contributed by atoms with E-state index < -0.39 is 0 Å². The standard InChI is InChI=1S/C24H27BrFN3/c1-27(2)23-14-29(21-10-7-15-5-4-6-20(26)24(15)21)13-19(23)18-12-28(3)22-11-16(25)8-9-17(18)22/h4-6,8-9,11-12,19,21,23H,7,10,13-14H2,1-3H3. The van der Waals surface area contributed by atoms with Crippen molar-refractivity contribution in [2.45, 2.75) is 30.8 Å². The molecule has 3 atom stereocenters. The van der Waals surface area contributed by atoms with Gasteiger partial charge in [-0.1, -0.05) is 34.1 Å². The van der Waals surface area contributed by atoms with Crippen molar-refractivity contribution in [1.29, 1.82) is 0 Å². The molecule has 1 fully saturated rings. The maximum atomic E-state index is 14.7. The fourth-order valence-corrected chi connectivity index (χ4v) is 5.91. The van der Waals surface area contributed by atoms with E-state index in [1.165, 1.54) is 22.0 Å². The minimum atomic E-state index is -0.0372. The Labute approximate surface area is 180 Å². The third kappa shape index (κ3) is 3.15. The second-order valence-corrected chi connectivity index (χ2v) is 9.73. The van der Waals surface area contributed by atoms with Crippen molar-refractivity contribution in [3.8, 4) is 0 Å². The van der Waals surface area contributed by atoms with Crippen molar-refractivity contribution in [2.24, 2.45) is 7.05 Å². The predicted octanol–water partition coefficient (Wildman–Crippen LogP) is 5.10. The number of likely N-dealkylation sites (N-methyl/N-ethyl adjacent to an activating group) is 1. The zero-order valence-corrected chi connectivity index (χ0v) is 18.8. The first-order valence-corrected chi connectivity index (χ1v) is 11.2. The van der Waals surface area contributed by atoms with Crippen LogP contribution in [0.1, 0.15) is 35.1 Å². The lowest BCUT2D eigenvalue weighted by Crippen LogP contribution is -2.35. The summed E-state index contributed by atoms with van der Waals surface area (Å²) in [4.78, 5) is 4.88. The number of hydrogen-bond acceptors (Lipinski definition) is 2. The Morgan fingerprint density at radius 3 is 2.76 bits per heavy atom. The van der Waals surface area contributed by atoms with E-state index in [2.05, 4.69) is 81.9 Å². The minimum absolute atomic E-state index is 0.0372. The summed E-state index contributed by atoms with van der Waals surface area (Å²) in [5, 5.41) is 1.33. The fourth-order valence-electron chi connectivity index (χ4n) is 5.56. The van der Waals surface area contributed by atoms with Crippen LogP contribution in [-0.2, 0) is 13.5 Å². The topological polar surface area (TPSA) is 11.4 Å². The van der Waals surface area contributed by atoms with E-state index in [1.807, 2.05) is 6.07 Å². The molecule has 29 heavy (non-hydrogen) atoms. The van der Waals surface area contributed by atoms with E-state index in [9.17, 15) is 4.39 Å². The van der Waals surface area contributed by atoms with E-state index in [4.69, 9.17) is 0 Å². The Morgan fingerprint density at radius 2 is 1.97 bits per heavy atom. The molecule has 3 nitrogen and oxygen atoms in total. The second-order valence-electron chi connectivity index (χ2n) is 8.82. The number of aryl methyl sites for hydroxylation is 2. The molecule has 0 bridgehead atoms. The lowest BCUT2D eigenvalue weighted by molar-refractivity contribution is 0.213. The Balaban J connectivity index is 1.53. The quantitative estimate of drug-likeness (QED) is 0.544. The molecule has 3 aromatic rings. The van der Waals surface area contributed by atoms with Crippen molar-refractivity contribution in [2.75, 3.05) is 27.2 Å². The first-order valence-electron chi connectivity index (χ1n) is 10.4. The minimum Gasteiger partial charge on any atom is -0.350 e. The van der Waals surface area contributed by atoms with E-state index in [0.717, 1.165) is 36.0 Å². The zero-order valence-electron chi connectivity index (χ0n) is 17.2. The van der Waals surface area contributed by atoms with Crippen molar-refractivity contribution in [1.82, 2.24) is 14.4 Å². The highest BCUT2D eigenvalue weighted by molar-refractivity contribution is 9.10. The summed E-state index contributed by atoms with van der Waals surface area (Å²) in [7, 11) is 6.47. The van der Waals surface area contributed by atoms with E-state index in [0.29, 0.717) is 12.0 Å². The highest BCUT2D eigenvalue weighted by Crippen LogP contribution is 2.43. The van der Waals surface area contributed by atoms with Gasteiger partial charge in [0.25, 0.3) is 0 Å². The Morgan fingerprint density at radius 1 is 1.14 bits per heavy atom. The maximum Gasteiger partial charge on any atom is 0.128 e. The van der Waals surface area contributed by atoms with Crippen LogP contribution >= 0.6 is 15.9 Å². The monoisotopic (exact) mass is 455 g/mol. The summed E-state index contributed by atoms with van der Waals surface area (Å²) in [6, 6.07) is 12.7. The van der Waals surface area contributed by atoms with E-state index >= 15 is 0 Å². The molecule has 2 aliphatic rings. The van der Waals surface area contributed by atoms with Gasteiger partial charge < -0.3 is 9.47 Å². The lowest BCUT2D eigenvalue weighted by atomic mass is 9.93. The van der Waals surface area contributed by atoms with Crippen LogP contribution in [0.15, 0.2) is 47.1 Å². The van der Waals surface area contributed by atoms with E-state index in [1.54, 1.807) is 6.07 Å². The number of rotatable bonds is 3. The largest absolute Gasteiger partial charge is 0.350 e. The van der Waals surface area contributed by atoms with Crippen LogP contribution in [-0.4, -0.2) is 47.6 Å². The van der Waals surface area contributed by atoms with Gasteiger partial charge in [0.15, 0.2) is 0 Å². The van der Waals surface area contributed by atoms with Gasteiger partial charge in [-0.2, -0.15) is 0 Å². The fraction of sp³-hybridized carbons (Fsp3) is 0.417. The molecular weight excluding hydrogens is 429 g/mol. The van der Waals surface area contributed by atoms with Crippen LogP contribution in [0.2, 0.25) is 0 Å². The van der Waals surface area contributed by atoms with Gasteiger partial charge in [0.05, 0.1) is 0 Å². The zero-order chi connectivity index (χ0) is 20.3. The number of hydrogen-bond donors (Lipinski definition) is 0. The smallest absolute Gasteiger partial charge is 0.128 e. The molecule has 0 spiro atoms. The number of halogens is 2. The van der Waals surface area contributed by atoms with Crippen LogP contribution in [0.5, 0.6) is 0 Å². The molecule has 0 amide bonds. The highest BCUT2D eigenvalue weighted by atomic mass is 79.9. The molecular formula is C24H27BrFN3. The number of aromatic nitrogens is 1. The van der Waals surface area contributed by atoms with Crippen molar-refractivity contribution < 1.29 is 4.39 Å². The Hall–Kier alpha value is -1.69. The molecule has 3 unspecified atom stereocenters. The summed E-state index contributed by atoms with van der Waals surface area (Å²) in [5.74, 6) is 0.371. The summed E-state index contributed by atoms with van der Waals surface area (Å²) >= 11 is 3.61. The number of nitrogens with zero attached hydrogens (tertiary/aromatic N) is 3. The molecule has 0 N–H and O–H groups in total. The van der Waals surface area contributed by atoms with Gasteiger partial charge in [-0.05, 0) is 56.3 Å². The van der Waals surface area contributed by atoms with Gasteiger partial charge in [-0.15, -0.1) is 0 Å². The first kappa shape index (κ1) is 19.3. The predicted molar refractivity (Wildman–Crippen MR) is 120 cm³/mol. The van der Waals surface area contributed by atoms with Gasteiger partial charge in [0, 0.05) is 65.3 Å². The SMILES string of the molecule is CN(C)C1CN(C2CCc3cccc(F)c32)CC1c1cn(C)c2cc(Br)ccc12. The third-order valence-electron chi connectivity index (χ3n) is 6.97. The molecule has 2 aromatic carbocycles. The molecule has 2 heterocycles. The summed E-state index contributed by atoms with van der Waals surface area (Å²) in [5.41, 5.74) is 4.79. The molecule has 1 aliphatic heterocycles. The number of likely N-dealkylation sites (tertiary alicyclic amines) is 1. The van der Waals surface area contributed by atoms with E-state index in [-0.39, 0.29) is 11.9 Å². The molecule has 1 aliphatic carbocycles. The lowest BCUT2D eigenvalue weighted by Gasteiger charge is -2.26. The maximum absolute atomic E-state index is 14.7. The number of benzene rings is 2. The third-order valence-corrected chi connectivity index (χ3v) is 7.46. The second kappa shape index (κ2) is 7.22. The van der Waals surface area contributed by atoms with Gasteiger partial charge in [0.2, 0.25) is 0 Å². The molecule has 0 saturated carbocycles. The van der Waals surface area contributed by atoms with Gasteiger partial charge >= 0.3 is 0 Å². The van der Waals surface area contributed by atoms with Crippen molar-refractivity contribution in [3.05, 3.63) is 69.6 Å². The van der Waals surface area contributed by atoms with Crippen LogP contribution in [0, 0.1) is 5.82 Å². The van der Waals surface area contributed by atoms with Crippen LogP contribution in [0.4, 0.5) is 4.39 Å². The van der Waals surface area contributed by atoms with Crippen molar-refractivity contribution in [3.63, 3.8) is 0 Å². The van der Waals surface area contributed by atoms with Gasteiger partial charge in [0.1, 0.15) is 5.82 Å². The summed E-state index contributed by atoms with van der Waals surface area (Å²) in [6.45, 7) is 1.94. The number of fused-ring (bicyclic) bond motifs is 2. The normalized spacial score (nSPS) is 24.7. The summed E-state index contributed by atoms with van der Waals surface area (Å²) < 4.78 is 18.0. The van der Waals surface area contributed by atoms with Crippen LogP contribution < -0.4 is 0 Å². The van der Waals surface area contributed by atoms with Crippen molar-refractivity contribution >= 4 is 26.8 Å². The Kier molecular flexibility index (Phi) is 4.80. The van der Waals surface area contributed by atoms with Gasteiger partial charge in [-0.3, -0.25) is 4.90 Å². The van der Waals surface area contributed by atoms with Gasteiger partial charge in [-0.25, -0.2) is 4.39 Å². The molecule has 0 radical (unpaired) electrons. The average molecular weight is 456 g/mol. The highest BCUT2D eigenvalue weighted by Gasteiger charge is 2.42. The molecule has 152 valence electrons. The molecule has 1 aromatic heterocycles.